The smallest absolute Gasteiger partial charge is 0.216 e. The summed E-state index contributed by atoms with van der Waals surface area (Å²) in [6.07, 6.45) is 0. The number of ether oxygens (including phenoxy) is 3. The van der Waals surface area contributed by atoms with Crippen molar-refractivity contribution in [3.05, 3.63) is 52.6 Å². The molecule has 1 unspecified atom stereocenters. The van der Waals surface area contributed by atoms with Crippen LogP contribution in [-0.2, 0) is 14.7 Å². The molecule has 0 aromatic heterocycles. The second-order valence-electron chi connectivity index (χ2n) is 8.20. The van der Waals surface area contributed by atoms with Crippen LogP contribution in [0.25, 0.3) is 0 Å². The fourth-order valence-corrected chi connectivity index (χ4v) is 5.09. The van der Waals surface area contributed by atoms with Crippen LogP contribution >= 0.6 is 8.15 Å². The van der Waals surface area contributed by atoms with Crippen molar-refractivity contribution in [3.63, 3.8) is 0 Å². The molecule has 2 rings (SSSR count). The summed E-state index contributed by atoms with van der Waals surface area (Å²) in [5.41, 5.74) is 3.82. The minimum Gasteiger partial charge on any atom is -0.497 e. The van der Waals surface area contributed by atoms with Gasteiger partial charge in [0.2, 0.25) is 5.52 Å². The van der Waals surface area contributed by atoms with Gasteiger partial charge >= 0.3 is 0 Å². The first-order chi connectivity index (χ1) is 14.1. The Morgan fingerprint density at radius 1 is 0.933 bits per heavy atom. The first kappa shape index (κ1) is 24.3. The highest BCUT2D eigenvalue weighted by Gasteiger charge is 2.30. The fraction of sp³-hybridized carbons (Fsp3) is 0.458. The second kappa shape index (κ2) is 10.4. The maximum absolute atomic E-state index is 13.7. The molecule has 0 radical (unpaired) electrons. The van der Waals surface area contributed by atoms with Crippen LogP contribution in [0.2, 0.25) is 0 Å². The largest absolute Gasteiger partial charge is 0.497 e. The molecule has 2 aromatic carbocycles. The van der Waals surface area contributed by atoms with Crippen LogP contribution in [0.3, 0.4) is 0 Å². The summed E-state index contributed by atoms with van der Waals surface area (Å²) < 4.78 is 22.1. The molecule has 2 aromatic rings. The van der Waals surface area contributed by atoms with E-state index in [1.165, 1.54) is 5.56 Å². The first-order valence-corrected chi connectivity index (χ1v) is 11.2. The lowest BCUT2D eigenvalue weighted by atomic mass is 9.84. The molecule has 5 nitrogen and oxygen atoms in total. The van der Waals surface area contributed by atoms with Crippen molar-refractivity contribution in [3.8, 4) is 11.5 Å². The average Bonchev–Trinajstić information content (AvgIpc) is 2.69. The van der Waals surface area contributed by atoms with Crippen LogP contribution in [0.5, 0.6) is 11.5 Å². The predicted molar refractivity (Wildman–Crippen MR) is 123 cm³/mol. The van der Waals surface area contributed by atoms with Gasteiger partial charge in [0.05, 0.1) is 32.7 Å². The third-order valence-electron chi connectivity index (χ3n) is 4.91. The molecular weight excluding hydrogens is 399 g/mol. The number of aryl methyl sites for hydroxylation is 2. The summed E-state index contributed by atoms with van der Waals surface area (Å²) >= 11 is 0. The zero-order valence-corrected chi connectivity index (χ0v) is 20.2. The van der Waals surface area contributed by atoms with Crippen LogP contribution < -0.4 is 14.8 Å². The number of hydrogen-bond donors (Lipinski definition) is 0. The topological polar surface area (TPSA) is 54.0 Å². The van der Waals surface area contributed by atoms with Gasteiger partial charge in [-0.1, -0.05) is 32.9 Å². The quantitative estimate of drug-likeness (QED) is 0.406. The molecule has 0 aliphatic carbocycles. The van der Waals surface area contributed by atoms with E-state index in [4.69, 9.17) is 18.7 Å². The predicted octanol–water partition coefficient (Wildman–Crippen LogP) is 5.14. The van der Waals surface area contributed by atoms with Crippen molar-refractivity contribution < 1.29 is 23.5 Å². The monoisotopic (exact) mass is 432 g/mol. The van der Waals surface area contributed by atoms with E-state index in [0.717, 1.165) is 16.4 Å². The van der Waals surface area contributed by atoms with E-state index < -0.39 is 8.15 Å². The highest BCUT2D eigenvalue weighted by molar-refractivity contribution is 7.78. The number of carbonyl (C=O) groups is 1. The number of benzene rings is 2. The number of hydrogen-bond acceptors (Lipinski definition) is 5. The lowest BCUT2D eigenvalue weighted by molar-refractivity contribution is 0.105. The van der Waals surface area contributed by atoms with Gasteiger partial charge in [-0.2, -0.15) is 0 Å². The van der Waals surface area contributed by atoms with Gasteiger partial charge in [-0.05, 0) is 48.1 Å². The summed E-state index contributed by atoms with van der Waals surface area (Å²) in [4.78, 5) is 13.7. The Balaban J connectivity index is 2.54. The summed E-state index contributed by atoms with van der Waals surface area (Å²) in [5.74, 6) is 1.24. The summed E-state index contributed by atoms with van der Waals surface area (Å²) in [5, 5.41) is 0.730. The molecule has 0 bridgehead atoms. The van der Waals surface area contributed by atoms with Crippen LogP contribution in [0.15, 0.2) is 30.3 Å². The van der Waals surface area contributed by atoms with E-state index in [9.17, 15) is 4.79 Å². The third-order valence-corrected chi connectivity index (χ3v) is 6.75. The lowest BCUT2D eigenvalue weighted by Gasteiger charge is -2.24. The maximum Gasteiger partial charge on any atom is 0.216 e. The van der Waals surface area contributed by atoms with Gasteiger partial charge in [-0.15, -0.1) is 0 Å². The number of methoxy groups -OCH3 is 3. The van der Waals surface area contributed by atoms with Crippen molar-refractivity contribution in [1.82, 2.24) is 0 Å². The average molecular weight is 432 g/mol. The number of carbonyl (C=O) groups excluding carboxylic acids is 1. The SMILES string of the molecule is COCCOP(C(=O)c1c(C)cc(C(C)(C)C)cc1C)c1ccc(OC)cc1OC. The molecule has 0 saturated carbocycles. The van der Waals surface area contributed by atoms with Gasteiger partial charge in [0.15, 0.2) is 0 Å². The summed E-state index contributed by atoms with van der Waals surface area (Å²) in [7, 11) is 3.18. The third kappa shape index (κ3) is 5.60. The Kier molecular flexibility index (Phi) is 8.42. The standard InChI is InChI=1S/C24H33O5P/c1-16-13-18(24(3,4)5)14-17(2)22(16)23(25)30(29-12-11-26-6)21-10-9-19(27-7)15-20(21)28-8/h9-10,13-15H,11-12H2,1-8H3. The molecule has 0 aliphatic heterocycles. The van der Waals surface area contributed by atoms with Gasteiger partial charge in [0.1, 0.15) is 19.6 Å². The molecule has 0 fully saturated rings. The van der Waals surface area contributed by atoms with E-state index in [2.05, 4.69) is 32.9 Å². The van der Waals surface area contributed by atoms with Gasteiger partial charge in [-0.25, -0.2) is 0 Å². The zero-order valence-electron chi connectivity index (χ0n) is 19.3. The van der Waals surface area contributed by atoms with E-state index in [1.54, 1.807) is 27.4 Å². The van der Waals surface area contributed by atoms with Gasteiger partial charge < -0.3 is 18.7 Å². The molecule has 164 valence electrons. The Morgan fingerprint density at radius 3 is 2.07 bits per heavy atom. The van der Waals surface area contributed by atoms with Crippen molar-refractivity contribution in [1.29, 1.82) is 0 Å². The Hall–Kier alpha value is -1.94. The molecular formula is C24H33O5P. The molecule has 0 amide bonds. The fourth-order valence-electron chi connectivity index (χ4n) is 3.24. The van der Waals surface area contributed by atoms with Crippen LogP contribution in [0.4, 0.5) is 0 Å². The highest BCUT2D eigenvalue weighted by Crippen LogP contribution is 2.45. The van der Waals surface area contributed by atoms with Gasteiger partial charge in [0.25, 0.3) is 0 Å². The molecule has 0 heterocycles. The van der Waals surface area contributed by atoms with Crippen molar-refractivity contribution in [2.45, 2.75) is 40.0 Å². The number of rotatable bonds is 9. The Bertz CT molecular complexity index is 863. The van der Waals surface area contributed by atoms with Crippen molar-refractivity contribution in [2.75, 3.05) is 34.5 Å². The van der Waals surface area contributed by atoms with Gasteiger partial charge in [0, 0.05) is 18.7 Å². The van der Waals surface area contributed by atoms with E-state index in [-0.39, 0.29) is 10.9 Å². The minimum atomic E-state index is -1.62. The van der Waals surface area contributed by atoms with Crippen LogP contribution in [0.1, 0.15) is 47.8 Å². The first-order valence-electron chi connectivity index (χ1n) is 9.94. The molecule has 0 spiro atoms. The second-order valence-corrected chi connectivity index (χ2v) is 9.93. The molecule has 0 saturated heterocycles. The maximum atomic E-state index is 13.7. The molecule has 6 heteroatoms. The molecule has 0 N–H and O–H groups in total. The van der Waals surface area contributed by atoms with Crippen LogP contribution in [-0.4, -0.2) is 40.1 Å². The van der Waals surface area contributed by atoms with E-state index in [0.29, 0.717) is 30.3 Å². The van der Waals surface area contributed by atoms with Crippen LogP contribution in [0, 0.1) is 13.8 Å². The highest BCUT2D eigenvalue weighted by atomic mass is 31.1. The summed E-state index contributed by atoms with van der Waals surface area (Å²) in [6.45, 7) is 11.2. The van der Waals surface area contributed by atoms with E-state index >= 15 is 0 Å². The van der Waals surface area contributed by atoms with Crippen molar-refractivity contribution >= 4 is 19.0 Å². The van der Waals surface area contributed by atoms with Crippen molar-refractivity contribution in [2.24, 2.45) is 0 Å². The minimum absolute atomic E-state index is 0.00992. The molecule has 0 aliphatic rings. The summed E-state index contributed by atoms with van der Waals surface area (Å²) in [6, 6.07) is 9.66. The molecule has 1 atom stereocenters. The van der Waals surface area contributed by atoms with E-state index in [1.807, 2.05) is 26.0 Å². The van der Waals surface area contributed by atoms with Gasteiger partial charge in [-0.3, -0.25) is 4.79 Å². The Morgan fingerprint density at radius 2 is 1.57 bits per heavy atom. The zero-order chi connectivity index (χ0) is 22.5. The Labute approximate surface area is 181 Å². The molecule has 30 heavy (non-hydrogen) atoms. The normalized spacial score (nSPS) is 12.5. The lowest BCUT2D eigenvalue weighted by Crippen LogP contribution is -2.18.